The predicted molar refractivity (Wildman–Crippen MR) is 38.2 cm³/mol. The van der Waals surface area contributed by atoms with Crippen LogP contribution in [0.4, 0.5) is 0 Å². The van der Waals surface area contributed by atoms with E-state index in [1.165, 1.54) is 19.3 Å². The molecule has 1 saturated carbocycles. The van der Waals surface area contributed by atoms with Crippen LogP contribution in [0.5, 0.6) is 0 Å². The summed E-state index contributed by atoms with van der Waals surface area (Å²) in [6.45, 7) is 4.78. The first kappa shape index (κ1) is 7.07. The molecule has 1 aliphatic carbocycles. The van der Waals surface area contributed by atoms with E-state index in [0.717, 1.165) is 0 Å². The number of hydrogen-bond donors (Lipinski definition) is 1. The summed E-state index contributed by atoms with van der Waals surface area (Å²) in [7, 11) is 0. The Kier molecular flexibility index (Phi) is 1.80. The van der Waals surface area contributed by atoms with Crippen molar-refractivity contribution >= 4 is 0 Å². The van der Waals surface area contributed by atoms with Gasteiger partial charge in [-0.05, 0) is 30.6 Å². The lowest BCUT2D eigenvalue weighted by atomic mass is 9.96. The van der Waals surface area contributed by atoms with E-state index in [2.05, 4.69) is 13.8 Å². The van der Waals surface area contributed by atoms with Crippen molar-refractivity contribution in [3.63, 3.8) is 0 Å². The van der Waals surface area contributed by atoms with Crippen LogP contribution < -0.4 is 0 Å². The normalized spacial score (nSPS) is 25.7. The van der Waals surface area contributed by atoms with E-state index in [0.29, 0.717) is 17.9 Å². The summed E-state index contributed by atoms with van der Waals surface area (Å²) in [4.78, 5) is 0. The van der Waals surface area contributed by atoms with E-state index < -0.39 is 0 Å². The monoisotopic (exact) mass is 128 g/mol. The van der Waals surface area contributed by atoms with Gasteiger partial charge in [0.1, 0.15) is 0 Å². The number of aliphatic hydroxyl groups excluding tert-OH is 1. The molecule has 0 aromatic heterocycles. The van der Waals surface area contributed by atoms with Gasteiger partial charge in [0.25, 0.3) is 0 Å². The van der Waals surface area contributed by atoms with Gasteiger partial charge in [0.2, 0.25) is 0 Å². The van der Waals surface area contributed by atoms with Crippen LogP contribution in [0, 0.1) is 11.3 Å². The van der Waals surface area contributed by atoms with Crippen LogP contribution in [0.2, 0.25) is 0 Å². The van der Waals surface area contributed by atoms with Crippen LogP contribution >= 0.6 is 0 Å². The standard InChI is InChI=1S/C8H16O/c1-7(6-9)5-8(2)3-4-8/h7,9H,3-6H2,1-2H3/t7-/m1/s1. The Morgan fingerprint density at radius 2 is 2.11 bits per heavy atom. The van der Waals surface area contributed by atoms with Crippen LogP contribution in [0.25, 0.3) is 0 Å². The van der Waals surface area contributed by atoms with Gasteiger partial charge in [0, 0.05) is 6.61 Å². The van der Waals surface area contributed by atoms with Gasteiger partial charge < -0.3 is 5.11 Å². The summed E-state index contributed by atoms with van der Waals surface area (Å²) in [5.41, 5.74) is 0.613. The van der Waals surface area contributed by atoms with Crippen molar-refractivity contribution in [3.05, 3.63) is 0 Å². The lowest BCUT2D eigenvalue weighted by molar-refractivity contribution is 0.211. The van der Waals surface area contributed by atoms with Crippen LogP contribution in [-0.2, 0) is 0 Å². The van der Waals surface area contributed by atoms with Crippen molar-refractivity contribution in [2.45, 2.75) is 33.1 Å². The first-order valence-corrected chi connectivity index (χ1v) is 3.77. The minimum atomic E-state index is 0.357. The summed E-state index contributed by atoms with van der Waals surface area (Å²) in [5, 5.41) is 8.73. The van der Waals surface area contributed by atoms with Crippen molar-refractivity contribution in [2.24, 2.45) is 11.3 Å². The number of rotatable bonds is 3. The molecule has 1 heteroatoms. The molecule has 0 saturated heterocycles. The Bertz CT molecular complexity index is 94.7. The van der Waals surface area contributed by atoms with Gasteiger partial charge in [-0.25, -0.2) is 0 Å². The molecule has 1 nitrogen and oxygen atoms in total. The highest BCUT2D eigenvalue weighted by Crippen LogP contribution is 2.49. The van der Waals surface area contributed by atoms with Crippen molar-refractivity contribution in [1.82, 2.24) is 0 Å². The molecule has 9 heavy (non-hydrogen) atoms. The lowest BCUT2D eigenvalue weighted by Gasteiger charge is -2.12. The van der Waals surface area contributed by atoms with E-state index in [-0.39, 0.29) is 0 Å². The summed E-state index contributed by atoms with van der Waals surface area (Å²) in [5.74, 6) is 0.512. The molecule has 1 rings (SSSR count). The molecule has 1 aliphatic rings. The minimum absolute atomic E-state index is 0.357. The van der Waals surface area contributed by atoms with Gasteiger partial charge in [-0.2, -0.15) is 0 Å². The van der Waals surface area contributed by atoms with Gasteiger partial charge in [-0.15, -0.1) is 0 Å². The van der Waals surface area contributed by atoms with Crippen molar-refractivity contribution in [3.8, 4) is 0 Å². The van der Waals surface area contributed by atoms with E-state index in [1.54, 1.807) is 0 Å². The Morgan fingerprint density at radius 3 is 2.44 bits per heavy atom. The molecule has 0 bridgehead atoms. The topological polar surface area (TPSA) is 20.2 Å². The molecule has 0 unspecified atom stereocenters. The lowest BCUT2D eigenvalue weighted by Crippen LogP contribution is -2.06. The number of hydrogen-bond acceptors (Lipinski definition) is 1. The number of aliphatic hydroxyl groups is 1. The average molecular weight is 128 g/mol. The maximum absolute atomic E-state index is 8.73. The second-order valence-corrected chi connectivity index (χ2v) is 3.80. The summed E-state index contributed by atoms with van der Waals surface area (Å²) < 4.78 is 0. The maximum atomic E-state index is 8.73. The fourth-order valence-corrected chi connectivity index (χ4v) is 1.32. The first-order chi connectivity index (χ1) is 4.16. The highest BCUT2D eigenvalue weighted by atomic mass is 16.3. The molecule has 0 heterocycles. The fraction of sp³-hybridized carbons (Fsp3) is 1.00. The maximum Gasteiger partial charge on any atom is 0.0456 e. The molecular weight excluding hydrogens is 112 g/mol. The third-order valence-electron chi connectivity index (χ3n) is 2.26. The van der Waals surface area contributed by atoms with E-state index in [9.17, 15) is 0 Å². The molecule has 0 radical (unpaired) electrons. The van der Waals surface area contributed by atoms with Crippen molar-refractivity contribution < 1.29 is 5.11 Å². The molecule has 1 N–H and O–H groups in total. The minimum Gasteiger partial charge on any atom is -0.396 e. The zero-order valence-electron chi connectivity index (χ0n) is 6.35. The second kappa shape index (κ2) is 2.30. The molecule has 0 aromatic carbocycles. The van der Waals surface area contributed by atoms with Crippen LogP contribution in [0.1, 0.15) is 33.1 Å². The average Bonchev–Trinajstić information content (AvgIpc) is 2.48. The van der Waals surface area contributed by atoms with Crippen LogP contribution in [0.15, 0.2) is 0 Å². The van der Waals surface area contributed by atoms with Gasteiger partial charge in [-0.1, -0.05) is 13.8 Å². The molecule has 0 amide bonds. The Morgan fingerprint density at radius 1 is 1.56 bits per heavy atom. The van der Waals surface area contributed by atoms with Crippen LogP contribution in [-0.4, -0.2) is 11.7 Å². The van der Waals surface area contributed by atoms with Crippen LogP contribution in [0.3, 0.4) is 0 Å². The van der Waals surface area contributed by atoms with Gasteiger partial charge >= 0.3 is 0 Å². The molecule has 1 fully saturated rings. The Labute approximate surface area is 57.1 Å². The molecule has 0 spiro atoms. The Hall–Kier alpha value is -0.0400. The molecular formula is C8H16O. The van der Waals surface area contributed by atoms with E-state index in [1.807, 2.05) is 0 Å². The van der Waals surface area contributed by atoms with Crippen molar-refractivity contribution in [2.75, 3.05) is 6.61 Å². The summed E-state index contributed by atoms with van der Waals surface area (Å²) in [6.07, 6.45) is 3.96. The zero-order chi connectivity index (χ0) is 6.91. The first-order valence-electron chi connectivity index (χ1n) is 3.77. The zero-order valence-corrected chi connectivity index (χ0v) is 6.35. The quantitative estimate of drug-likeness (QED) is 0.614. The third kappa shape index (κ3) is 1.98. The van der Waals surface area contributed by atoms with Crippen molar-refractivity contribution in [1.29, 1.82) is 0 Å². The third-order valence-corrected chi connectivity index (χ3v) is 2.26. The molecule has 0 aromatic rings. The largest absolute Gasteiger partial charge is 0.396 e. The Balaban J connectivity index is 2.17. The SMILES string of the molecule is C[C@@H](CO)CC1(C)CC1. The van der Waals surface area contributed by atoms with Gasteiger partial charge in [0.15, 0.2) is 0 Å². The highest BCUT2D eigenvalue weighted by molar-refractivity contribution is 4.89. The van der Waals surface area contributed by atoms with E-state index in [4.69, 9.17) is 5.11 Å². The predicted octanol–water partition coefficient (Wildman–Crippen LogP) is 1.80. The molecule has 1 atom stereocenters. The summed E-state index contributed by atoms with van der Waals surface area (Å²) in [6, 6.07) is 0. The van der Waals surface area contributed by atoms with E-state index >= 15 is 0 Å². The second-order valence-electron chi connectivity index (χ2n) is 3.80. The summed E-state index contributed by atoms with van der Waals surface area (Å²) >= 11 is 0. The fourth-order valence-electron chi connectivity index (χ4n) is 1.32. The van der Waals surface area contributed by atoms with Gasteiger partial charge in [0.05, 0.1) is 0 Å². The smallest absolute Gasteiger partial charge is 0.0456 e. The highest BCUT2D eigenvalue weighted by Gasteiger charge is 2.37. The molecule has 54 valence electrons. The molecule has 0 aliphatic heterocycles. The van der Waals surface area contributed by atoms with Gasteiger partial charge in [-0.3, -0.25) is 0 Å².